The zero-order chi connectivity index (χ0) is 16.1. The molecule has 1 atom stereocenters. The maximum absolute atomic E-state index is 12.2. The molecular weight excluding hydrogens is 306 g/mol. The Morgan fingerprint density at radius 3 is 2.59 bits per heavy atom. The smallest absolute Gasteiger partial charge is 0.330 e. The molecular formula is C14H15N3O4S. The van der Waals surface area contributed by atoms with Gasteiger partial charge in [-0.3, -0.25) is 4.79 Å². The first-order valence-corrected chi connectivity index (χ1v) is 7.33. The van der Waals surface area contributed by atoms with E-state index in [1.807, 2.05) is 6.92 Å². The lowest BCUT2D eigenvalue weighted by molar-refractivity contribution is -0.139. The number of benzene rings is 1. The number of methoxy groups -OCH3 is 1. The molecule has 22 heavy (non-hydrogen) atoms. The number of ether oxygens (including phenoxy) is 1. The van der Waals surface area contributed by atoms with E-state index in [4.69, 9.17) is 4.74 Å². The van der Waals surface area contributed by atoms with Gasteiger partial charge in [0, 0.05) is 0 Å². The lowest BCUT2D eigenvalue weighted by Gasteiger charge is -2.15. The van der Waals surface area contributed by atoms with Crippen LogP contribution < -0.4 is 10.1 Å². The van der Waals surface area contributed by atoms with Crippen molar-refractivity contribution in [1.82, 2.24) is 14.9 Å². The van der Waals surface area contributed by atoms with Crippen LogP contribution in [-0.4, -0.2) is 33.7 Å². The average Bonchev–Trinajstić information content (AvgIpc) is 3.01. The van der Waals surface area contributed by atoms with Crippen LogP contribution in [0.3, 0.4) is 0 Å². The fourth-order valence-electron chi connectivity index (χ4n) is 1.89. The summed E-state index contributed by atoms with van der Waals surface area (Å²) >= 11 is 0.951. The van der Waals surface area contributed by atoms with Crippen molar-refractivity contribution < 1.29 is 19.4 Å². The van der Waals surface area contributed by atoms with Gasteiger partial charge in [-0.15, -0.1) is 5.10 Å². The highest BCUT2D eigenvalue weighted by Crippen LogP contribution is 2.19. The maximum Gasteiger partial charge on any atom is 0.330 e. The molecule has 0 aliphatic rings. The number of rotatable bonds is 6. The number of aryl methyl sites for hydroxylation is 1. The Morgan fingerprint density at radius 2 is 2.05 bits per heavy atom. The van der Waals surface area contributed by atoms with E-state index in [1.54, 1.807) is 24.3 Å². The van der Waals surface area contributed by atoms with Crippen LogP contribution in [0.15, 0.2) is 24.3 Å². The van der Waals surface area contributed by atoms with Crippen LogP contribution >= 0.6 is 11.5 Å². The molecule has 0 aliphatic carbocycles. The van der Waals surface area contributed by atoms with E-state index in [-0.39, 0.29) is 0 Å². The second-order valence-electron chi connectivity index (χ2n) is 4.42. The summed E-state index contributed by atoms with van der Waals surface area (Å²) in [5, 5.41) is 15.7. The number of aliphatic carboxylic acids is 1. The summed E-state index contributed by atoms with van der Waals surface area (Å²) in [4.78, 5) is 24.0. The predicted octanol–water partition coefficient (Wildman–Crippen LogP) is 1.66. The van der Waals surface area contributed by atoms with Gasteiger partial charge in [-0.05, 0) is 35.6 Å². The van der Waals surface area contributed by atoms with Crippen LogP contribution in [-0.2, 0) is 11.2 Å². The van der Waals surface area contributed by atoms with Gasteiger partial charge >= 0.3 is 5.97 Å². The number of amides is 1. The molecule has 0 saturated carbocycles. The molecule has 8 heteroatoms. The van der Waals surface area contributed by atoms with Crippen molar-refractivity contribution in [2.45, 2.75) is 19.4 Å². The van der Waals surface area contributed by atoms with Crippen molar-refractivity contribution in [1.29, 1.82) is 0 Å². The van der Waals surface area contributed by atoms with Gasteiger partial charge in [-0.25, -0.2) is 4.79 Å². The molecule has 1 aromatic carbocycles. The summed E-state index contributed by atoms with van der Waals surface area (Å²) in [5.41, 5.74) is 1.01. The zero-order valence-corrected chi connectivity index (χ0v) is 12.9. The van der Waals surface area contributed by atoms with Crippen LogP contribution in [0.5, 0.6) is 5.75 Å². The van der Waals surface area contributed by atoms with Crippen molar-refractivity contribution in [3.05, 3.63) is 40.4 Å². The average molecular weight is 321 g/mol. The monoisotopic (exact) mass is 321 g/mol. The summed E-state index contributed by atoms with van der Waals surface area (Å²) in [6, 6.07) is 5.34. The molecule has 2 rings (SSSR count). The van der Waals surface area contributed by atoms with Crippen LogP contribution in [0.25, 0.3) is 0 Å². The lowest BCUT2D eigenvalue weighted by Crippen LogP contribution is -2.33. The van der Waals surface area contributed by atoms with E-state index in [2.05, 4.69) is 14.9 Å². The van der Waals surface area contributed by atoms with E-state index in [9.17, 15) is 14.7 Å². The molecule has 0 unspecified atom stereocenters. The molecule has 0 bridgehead atoms. The quantitative estimate of drug-likeness (QED) is 0.839. The number of aromatic nitrogens is 2. The molecule has 1 heterocycles. The van der Waals surface area contributed by atoms with Gasteiger partial charge in [-0.2, -0.15) is 0 Å². The summed E-state index contributed by atoms with van der Waals surface area (Å²) in [6.07, 6.45) is 0.555. The Balaban J connectivity index is 2.21. The summed E-state index contributed by atoms with van der Waals surface area (Å²) < 4.78 is 8.76. The molecule has 0 fully saturated rings. The minimum atomic E-state index is -1.15. The molecule has 0 aliphatic heterocycles. The van der Waals surface area contributed by atoms with Gasteiger partial charge in [0.1, 0.15) is 10.6 Å². The molecule has 116 valence electrons. The number of nitrogens with one attached hydrogen (secondary N) is 1. The zero-order valence-electron chi connectivity index (χ0n) is 12.1. The molecule has 2 aromatic rings. The molecule has 0 radical (unpaired) electrons. The van der Waals surface area contributed by atoms with Crippen molar-refractivity contribution in [2.75, 3.05) is 7.11 Å². The van der Waals surface area contributed by atoms with E-state index < -0.39 is 17.9 Å². The molecule has 1 aromatic heterocycles. The number of carbonyl (C=O) groups excluding carboxylic acids is 1. The van der Waals surface area contributed by atoms with Gasteiger partial charge < -0.3 is 15.2 Å². The Hall–Kier alpha value is -2.48. The Bertz CT molecular complexity index is 669. The van der Waals surface area contributed by atoms with Gasteiger partial charge in [0.15, 0.2) is 6.04 Å². The van der Waals surface area contributed by atoms with Crippen molar-refractivity contribution >= 4 is 23.4 Å². The van der Waals surface area contributed by atoms with Crippen molar-refractivity contribution in [3.63, 3.8) is 0 Å². The van der Waals surface area contributed by atoms with Crippen molar-refractivity contribution in [2.24, 2.45) is 0 Å². The van der Waals surface area contributed by atoms with Gasteiger partial charge in [-0.1, -0.05) is 23.5 Å². The Labute approximate surface area is 131 Å². The van der Waals surface area contributed by atoms with Crippen LogP contribution in [0, 0.1) is 0 Å². The summed E-state index contributed by atoms with van der Waals surface area (Å²) in [6.45, 7) is 1.85. The lowest BCUT2D eigenvalue weighted by atomic mass is 10.1. The number of nitrogens with zero attached hydrogens (tertiary/aromatic N) is 2. The largest absolute Gasteiger partial charge is 0.497 e. The summed E-state index contributed by atoms with van der Waals surface area (Å²) in [7, 11) is 1.52. The van der Waals surface area contributed by atoms with Crippen LogP contribution in [0.4, 0.5) is 0 Å². The van der Waals surface area contributed by atoms with Gasteiger partial charge in [0.25, 0.3) is 5.91 Å². The SMILES string of the molecule is CCc1nnsc1C(=O)N[C@@H](C(=O)O)c1ccc(OC)cc1. The third-order valence-corrected chi connectivity index (χ3v) is 3.84. The molecule has 0 saturated heterocycles. The third-order valence-electron chi connectivity index (χ3n) is 3.07. The fourth-order valence-corrected chi connectivity index (χ4v) is 2.55. The highest BCUT2D eigenvalue weighted by atomic mass is 32.1. The Kier molecular flexibility index (Phi) is 5.05. The van der Waals surface area contributed by atoms with E-state index in [1.165, 1.54) is 7.11 Å². The number of carboxylic acid groups (broad SMARTS) is 1. The van der Waals surface area contributed by atoms with Gasteiger partial charge in [0.2, 0.25) is 0 Å². The van der Waals surface area contributed by atoms with Crippen LogP contribution in [0.2, 0.25) is 0 Å². The molecule has 0 spiro atoms. The van der Waals surface area contributed by atoms with Crippen molar-refractivity contribution in [3.8, 4) is 5.75 Å². The van der Waals surface area contributed by atoms with E-state index in [0.29, 0.717) is 28.3 Å². The van der Waals surface area contributed by atoms with E-state index >= 15 is 0 Å². The fraction of sp³-hybridized carbons (Fsp3) is 0.286. The number of hydrogen-bond acceptors (Lipinski definition) is 6. The first kappa shape index (κ1) is 15.9. The topological polar surface area (TPSA) is 101 Å². The first-order chi connectivity index (χ1) is 10.6. The van der Waals surface area contributed by atoms with Crippen LogP contribution in [0.1, 0.15) is 33.9 Å². The second-order valence-corrected chi connectivity index (χ2v) is 5.17. The molecule has 2 N–H and O–H groups in total. The molecule has 1 amide bonds. The van der Waals surface area contributed by atoms with E-state index in [0.717, 1.165) is 11.5 Å². The standard InChI is InChI=1S/C14H15N3O4S/c1-3-10-12(22-17-16-10)13(18)15-11(14(19)20)8-4-6-9(21-2)7-5-8/h4-7,11H,3H2,1-2H3,(H,15,18)(H,19,20)/t11-/m1/s1. The normalized spacial score (nSPS) is 11.7. The highest BCUT2D eigenvalue weighted by molar-refractivity contribution is 7.08. The minimum absolute atomic E-state index is 0.335. The number of carboxylic acids is 1. The molecule has 7 nitrogen and oxygen atoms in total. The van der Waals surface area contributed by atoms with Gasteiger partial charge in [0.05, 0.1) is 12.8 Å². The Morgan fingerprint density at radius 1 is 1.36 bits per heavy atom. The maximum atomic E-state index is 12.2. The number of carbonyl (C=O) groups is 2. The second kappa shape index (κ2) is 6.99. The minimum Gasteiger partial charge on any atom is -0.497 e. The first-order valence-electron chi connectivity index (χ1n) is 6.55. The number of hydrogen-bond donors (Lipinski definition) is 2. The third kappa shape index (κ3) is 3.40. The predicted molar refractivity (Wildman–Crippen MR) is 80.1 cm³/mol. The highest BCUT2D eigenvalue weighted by Gasteiger charge is 2.25. The summed E-state index contributed by atoms with van der Waals surface area (Å²) in [5.74, 6) is -1.02.